The lowest BCUT2D eigenvalue weighted by Gasteiger charge is -2.15. The van der Waals surface area contributed by atoms with Gasteiger partial charge in [-0.2, -0.15) is 0 Å². The molecule has 0 unspecified atom stereocenters. The first-order valence-electron chi connectivity index (χ1n) is 8.20. The Morgan fingerprint density at radius 3 is 2.69 bits per heavy atom. The monoisotopic (exact) mass is 372 g/mol. The number of para-hydroxylation sites is 1. The zero-order valence-corrected chi connectivity index (χ0v) is 15.6. The lowest BCUT2D eigenvalue weighted by molar-refractivity contribution is -0.122. The number of nitrogens with one attached hydrogen (secondary N) is 3. The number of hydrogen-bond donors (Lipinski definition) is 3. The van der Waals surface area contributed by atoms with Gasteiger partial charge in [0.25, 0.3) is 5.91 Å². The predicted octanol–water partition coefficient (Wildman–Crippen LogP) is 2.52. The summed E-state index contributed by atoms with van der Waals surface area (Å²) in [4.78, 5) is 41.3. The van der Waals surface area contributed by atoms with Gasteiger partial charge >= 0.3 is 0 Å². The van der Waals surface area contributed by atoms with Gasteiger partial charge in [0.1, 0.15) is 6.04 Å². The van der Waals surface area contributed by atoms with Crippen LogP contribution in [0.4, 0.5) is 10.8 Å². The van der Waals surface area contributed by atoms with Crippen LogP contribution in [0.3, 0.4) is 0 Å². The molecule has 1 aliphatic rings. The minimum atomic E-state index is -0.947. The number of rotatable bonds is 3. The van der Waals surface area contributed by atoms with Crippen LogP contribution in [0.2, 0.25) is 0 Å². The summed E-state index contributed by atoms with van der Waals surface area (Å²) in [7, 11) is 0. The van der Waals surface area contributed by atoms with E-state index in [1.165, 1.54) is 11.3 Å². The van der Waals surface area contributed by atoms with Crippen molar-refractivity contribution in [1.29, 1.82) is 0 Å². The molecule has 0 aliphatic carbocycles. The van der Waals surface area contributed by atoms with E-state index in [0.717, 1.165) is 5.69 Å². The molecule has 0 bridgehead atoms. The quantitative estimate of drug-likeness (QED) is 0.771. The minimum Gasteiger partial charge on any atom is -0.340 e. The van der Waals surface area contributed by atoms with Crippen molar-refractivity contribution in [3.8, 4) is 0 Å². The Balaban J connectivity index is 1.67. The van der Waals surface area contributed by atoms with Crippen LogP contribution in [0.15, 0.2) is 29.6 Å². The summed E-state index contributed by atoms with van der Waals surface area (Å²) in [5, 5.41) is 10.3. The van der Waals surface area contributed by atoms with E-state index >= 15 is 0 Å². The SMILES string of the molecule is CC(C)(C)c1csc(NC(=O)C[C@H]2NC(=O)c3ccccc3NC2=O)n1. The Morgan fingerprint density at radius 1 is 1.27 bits per heavy atom. The van der Waals surface area contributed by atoms with Crippen LogP contribution in [-0.2, 0) is 15.0 Å². The molecule has 1 aromatic heterocycles. The number of carbonyl (C=O) groups is 3. The van der Waals surface area contributed by atoms with Crippen LogP contribution in [0, 0.1) is 0 Å². The van der Waals surface area contributed by atoms with E-state index in [2.05, 4.69) is 20.9 Å². The minimum absolute atomic E-state index is 0.111. The Kier molecular flexibility index (Phi) is 4.78. The summed E-state index contributed by atoms with van der Waals surface area (Å²) in [5.74, 6) is -1.19. The van der Waals surface area contributed by atoms with E-state index in [9.17, 15) is 14.4 Å². The number of fused-ring (bicyclic) bond motifs is 1. The standard InChI is InChI=1S/C18H20N4O3S/c1-18(2,3)13-9-26-17(21-13)22-14(23)8-12-16(25)19-11-7-5-4-6-10(11)15(24)20-12/h4-7,9,12H,8H2,1-3H3,(H,19,25)(H,20,24)(H,21,22,23)/t12-/m1/s1. The summed E-state index contributed by atoms with van der Waals surface area (Å²) < 4.78 is 0. The summed E-state index contributed by atoms with van der Waals surface area (Å²) in [6.07, 6.45) is -0.171. The molecule has 7 nitrogen and oxygen atoms in total. The highest BCUT2D eigenvalue weighted by molar-refractivity contribution is 7.13. The van der Waals surface area contributed by atoms with Crippen LogP contribution in [0.1, 0.15) is 43.2 Å². The van der Waals surface area contributed by atoms with E-state index in [1.54, 1.807) is 24.3 Å². The van der Waals surface area contributed by atoms with Crippen LogP contribution in [0.25, 0.3) is 0 Å². The van der Waals surface area contributed by atoms with Gasteiger partial charge in [0.05, 0.1) is 23.4 Å². The second kappa shape index (κ2) is 6.87. The third-order valence-corrected chi connectivity index (χ3v) is 4.72. The molecule has 0 saturated heterocycles. The molecule has 0 spiro atoms. The lowest BCUT2D eigenvalue weighted by atomic mass is 9.93. The normalized spacial score (nSPS) is 17.0. The Bertz CT molecular complexity index is 869. The highest BCUT2D eigenvalue weighted by Gasteiger charge is 2.29. The summed E-state index contributed by atoms with van der Waals surface area (Å²) in [6.45, 7) is 6.12. The van der Waals surface area contributed by atoms with Crippen LogP contribution >= 0.6 is 11.3 Å². The van der Waals surface area contributed by atoms with Crippen molar-refractivity contribution < 1.29 is 14.4 Å². The molecule has 2 heterocycles. The number of hydrogen-bond acceptors (Lipinski definition) is 5. The number of benzene rings is 1. The fourth-order valence-corrected chi connectivity index (χ4v) is 3.44. The van der Waals surface area contributed by atoms with Gasteiger partial charge in [-0.15, -0.1) is 11.3 Å². The van der Waals surface area contributed by atoms with Crippen LogP contribution in [0.5, 0.6) is 0 Å². The number of amides is 3. The molecule has 8 heteroatoms. The molecule has 2 aromatic rings. The molecule has 3 amide bonds. The highest BCUT2D eigenvalue weighted by Crippen LogP contribution is 2.26. The third-order valence-electron chi connectivity index (χ3n) is 3.96. The second-order valence-electron chi connectivity index (χ2n) is 7.10. The van der Waals surface area contributed by atoms with Crippen LogP contribution < -0.4 is 16.0 Å². The second-order valence-corrected chi connectivity index (χ2v) is 7.96. The fourth-order valence-electron chi connectivity index (χ4n) is 2.49. The van der Waals surface area contributed by atoms with Crippen molar-refractivity contribution in [1.82, 2.24) is 10.3 Å². The zero-order chi connectivity index (χ0) is 18.9. The van der Waals surface area contributed by atoms with Crippen molar-refractivity contribution in [2.75, 3.05) is 10.6 Å². The van der Waals surface area contributed by atoms with Crippen molar-refractivity contribution in [3.63, 3.8) is 0 Å². The molecule has 136 valence electrons. The average Bonchev–Trinajstić information content (AvgIpc) is 2.99. The molecule has 3 N–H and O–H groups in total. The lowest BCUT2D eigenvalue weighted by Crippen LogP contribution is -2.43. The maximum Gasteiger partial charge on any atom is 0.254 e. The predicted molar refractivity (Wildman–Crippen MR) is 100 cm³/mol. The Labute approximate surface area is 155 Å². The molecule has 0 fully saturated rings. The van der Waals surface area contributed by atoms with E-state index in [1.807, 2.05) is 26.2 Å². The molecule has 1 atom stereocenters. The van der Waals surface area contributed by atoms with Gasteiger partial charge in [0.15, 0.2) is 5.13 Å². The Hall–Kier alpha value is -2.74. The van der Waals surface area contributed by atoms with E-state index in [4.69, 9.17) is 0 Å². The molecule has 0 saturated carbocycles. The van der Waals surface area contributed by atoms with Gasteiger partial charge in [-0.3, -0.25) is 14.4 Å². The van der Waals surface area contributed by atoms with Gasteiger partial charge < -0.3 is 16.0 Å². The fraction of sp³-hybridized carbons (Fsp3) is 0.333. The van der Waals surface area contributed by atoms with E-state index in [0.29, 0.717) is 16.4 Å². The van der Waals surface area contributed by atoms with Gasteiger partial charge in [-0.05, 0) is 12.1 Å². The third kappa shape index (κ3) is 3.91. The van der Waals surface area contributed by atoms with Crippen molar-refractivity contribution >= 4 is 39.9 Å². The highest BCUT2D eigenvalue weighted by atomic mass is 32.1. The smallest absolute Gasteiger partial charge is 0.254 e. The van der Waals surface area contributed by atoms with Gasteiger partial charge in [0.2, 0.25) is 11.8 Å². The Morgan fingerprint density at radius 2 is 2.00 bits per heavy atom. The number of anilines is 2. The molecule has 26 heavy (non-hydrogen) atoms. The van der Waals surface area contributed by atoms with Crippen molar-refractivity contribution in [2.24, 2.45) is 0 Å². The number of nitrogens with zero attached hydrogens (tertiary/aromatic N) is 1. The number of carbonyl (C=O) groups excluding carboxylic acids is 3. The number of thiazole rings is 1. The average molecular weight is 372 g/mol. The van der Waals surface area contributed by atoms with E-state index < -0.39 is 11.9 Å². The van der Waals surface area contributed by atoms with Gasteiger partial charge in [-0.25, -0.2) is 4.98 Å². The maximum atomic E-state index is 12.3. The zero-order valence-electron chi connectivity index (χ0n) is 14.8. The van der Waals surface area contributed by atoms with Crippen molar-refractivity contribution in [3.05, 3.63) is 40.9 Å². The first-order chi connectivity index (χ1) is 12.2. The molecule has 1 aromatic carbocycles. The summed E-state index contributed by atoms with van der Waals surface area (Å²) >= 11 is 1.33. The summed E-state index contributed by atoms with van der Waals surface area (Å²) in [5.41, 5.74) is 1.58. The van der Waals surface area contributed by atoms with E-state index in [-0.39, 0.29) is 23.7 Å². The van der Waals surface area contributed by atoms with Gasteiger partial charge in [0, 0.05) is 10.8 Å². The molecule has 0 radical (unpaired) electrons. The molecule has 1 aliphatic heterocycles. The van der Waals surface area contributed by atoms with Gasteiger partial charge in [-0.1, -0.05) is 32.9 Å². The van der Waals surface area contributed by atoms with Crippen molar-refractivity contribution in [2.45, 2.75) is 38.6 Å². The number of aromatic nitrogens is 1. The summed E-state index contributed by atoms with van der Waals surface area (Å²) in [6, 6.07) is 5.77. The molecular formula is C18H20N4O3S. The maximum absolute atomic E-state index is 12.3. The topological polar surface area (TPSA) is 100 Å². The largest absolute Gasteiger partial charge is 0.340 e. The molecule has 3 rings (SSSR count). The first kappa shape index (κ1) is 18.1. The van der Waals surface area contributed by atoms with Crippen LogP contribution in [-0.4, -0.2) is 28.7 Å². The first-order valence-corrected chi connectivity index (χ1v) is 9.08. The molecular weight excluding hydrogens is 352 g/mol.